The quantitative estimate of drug-likeness (QED) is 0.466. The lowest BCUT2D eigenvalue weighted by molar-refractivity contribution is 0.102. The first-order valence-electron chi connectivity index (χ1n) is 9.16. The Balaban J connectivity index is 1.72. The third kappa shape index (κ3) is 4.09. The van der Waals surface area contributed by atoms with Gasteiger partial charge in [0.2, 0.25) is 0 Å². The molecule has 7 heteroatoms. The Morgan fingerprint density at radius 3 is 2.62 bits per heavy atom. The van der Waals surface area contributed by atoms with Crippen molar-refractivity contribution in [2.75, 3.05) is 5.32 Å². The average Bonchev–Trinajstić information content (AvgIpc) is 3.39. The number of carbonyl (C=O) groups excluding carboxylic acids is 1. The molecule has 4 aromatic rings. The number of pyridine rings is 1. The Bertz CT molecular complexity index is 1130. The van der Waals surface area contributed by atoms with Crippen LogP contribution in [0.2, 0.25) is 0 Å². The van der Waals surface area contributed by atoms with Crippen LogP contribution in [0.5, 0.6) is 0 Å². The summed E-state index contributed by atoms with van der Waals surface area (Å²) in [5.41, 5.74) is 3.92. The lowest BCUT2D eigenvalue weighted by atomic mass is 10.0. The molecule has 3 heterocycles. The second-order valence-corrected chi connectivity index (χ2v) is 7.65. The number of aromatic nitrogens is 3. The Hall–Kier alpha value is -3.32. The molecule has 0 fully saturated rings. The largest absolute Gasteiger partial charge is 0.307 e. The molecule has 0 aliphatic carbocycles. The molecule has 0 saturated heterocycles. The molecule has 3 aromatic heterocycles. The summed E-state index contributed by atoms with van der Waals surface area (Å²) in [5.74, 6) is -0.0329. The summed E-state index contributed by atoms with van der Waals surface area (Å²) >= 11 is 1.47. The summed E-state index contributed by atoms with van der Waals surface area (Å²) in [6, 6.07) is 11.9. The first-order valence-corrected chi connectivity index (χ1v) is 10.1. The highest BCUT2D eigenvalue weighted by atomic mass is 32.1. The van der Waals surface area contributed by atoms with E-state index in [1.165, 1.54) is 23.5 Å². The summed E-state index contributed by atoms with van der Waals surface area (Å²) in [4.78, 5) is 16.6. The van der Waals surface area contributed by atoms with Gasteiger partial charge in [-0.05, 0) is 67.3 Å². The molecule has 0 atom stereocenters. The van der Waals surface area contributed by atoms with E-state index in [1.54, 1.807) is 29.8 Å². The fourth-order valence-electron chi connectivity index (χ4n) is 2.94. The molecule has 0 bridgehead atoms. The van der Waals surface area contributed by atoms with Crippen LogP contribution >= 0.6 is 11.3 Å². The molecular weight excluding hydrogens is 387 g/mol. The zero-order chi connectivity index (χ0) is 20.4. The van der Waals surface area contributed by atoms with Gasteiger partial charge in [0, 0.05) is 34.9 Å². The molecule has 4 rings (SSSR count). The zero-order valence-electron chi connectivity index (χ0n) is 16.0. The molecule has 1 amide bonds. The lowest BCUT2D eigenvalue weighted by Crippen LogP contribution is -2.11. The first-order chi connectivity index (χ1) is 14.0. The Morgan fingerprint density at radius 1 is 1.14 bits per heavy atom. The van der Waals surface area contributed by atoms with Crippen molar-refractivity contribution in [2.45, 2.75) is 19.9 Å². The Kier molecular flexibility index (Phi) is 5.22. The number of thiophene rings is 1. The number of carbonyl (C=O) groups is 1. The van der Waals surface area contributed by atoms with Crippen LogP contribution in [0.3, 0.4) is 0 Å². The summed E-state index contributed by atoms with van der Waals surface area (Å²) in [7, 11) is 0. The van der Waals surface area contributed by atoms with Crippen LogP contribution in [0.25, 0.3) is 22.4 Å². The predicted octanol–water partition coefficient (Wildman–Crippen LogP) is 5.65. The van der Waals surface area contributed by atoms with Crippen LogP contribution < -0.4 is 5.32 Å². The van der Waals surface area contributed by atoms with Crippen molar-refractivity contribution in [1.82, 2.24) is 14.8 Å². The highest BCUT2D eigenvalue weighted by molar-refractivity contribution is 7.08. The molecule has 29 heavy (non-hydrogen) atoms. The minimum Gasteiger partial charge on any atom is -0.307 e. The van der Waals surface area contributed by atoms with Crippen LogP contribution in [0.1, 0.15) is 30.2 Å². The van der Waals surface area contributed by atoms with E-state index in [-0.39, 0.29) is 17.8 Å². The summed E-state index contributed by atoms with van der Waals surface area (Å²) in [5, 5.41) is 11.2. The van der Waals surface area contributed by atoms with Crippen LogP contribution in [-0.2, 0) is 0 Å². The number of nitrogens with zero attached hydrogens (tertiary/aromatic N) is 3. The number of hydrogen-bond donors (Lipinski definition) is 1. The molecule has 0 spiro atoms. The minimum atomic E-state index is -0.291. The van der Waals surface area contributed by atoms with E-state index in [2.05, 4.69) is 10.3 Å². The van der Waals surface area contributed by atoms with Crippen molar-refractivity contribution < 1.29 is 9.18 Å². The van der Waals surface area contributed by atoms with E-state index >= 15 is 0 Å². The first kappa shape index (κ1) is 19.0. The van der Waals surface area contributed by atoms with Gasteiger partial charge in [-0.15, -0.1) is 0 Å². The second-order valence-electron chi connectivity index (χ2n) is 6.87. The van der Waals surface area contributed by atoms with E-state index < -0.39 is 0 Å². The molecular formula is C22H19FN4OS. The molecule has 5 nitrogen and oxygen atoms in total. The lowest BCUT2D eigenvalue weighted by Gasteiger charge is -2.07. The molecule has 0 unspecified atom stereocenters. The van der Waals surface area contributed by atoms with Gasteiger partial charge in [-0.1, -0.05) is 0 Å². The SMILES string of the molecule is CC(C)n1cc(-c2ccnc(NC(=O)c3ccsc3)c2)c(-c2ccc(F)cc2)n1. The fraction of sp³-hybridized carbons (Fsp3) is 0.136. The van der Waals surface area contributed by atoms with Crippen molar-refractivity contribution in [3.8, 4) is 22.4 Å². The van der Waals surface area contributed by atoms with Crippen LogP contribution in [0, 0.1) is 5.82 Å². The maximum Gasteiger partial charge on any atom is 0.257 e. The second kappa shape index (κ2) is 7.97. The van der Waals surface area contributed by atoms with Crippen LogP contribution in [-0.4, -0.2) is 20.7 Å². The molecule has 0 aliphatic rings. The van der Waals surface area contributed by atoms with Crippen molar-refractivity contribution >= 4 is 23.1 Å². The molecule has 0 radical (unpaired) electrons. The topological polar surface area (TPSA) is 59.8 Å². The van der Waals surface area contributed by atoms with E-state index in [1.807, 2.05) is 42.2 Å². The van der Waals surface area contributed by atoms with E-state index in [4.69, 9.17) is 5.10 Å². The molecule has 0 aliphatic heterocycles. The maximum atomic E-state index is 13.4. The van der Waals surface area contributed by atoms with E-state index in [0.717, 1.165) is 22.4 Å². The zero-order valence-corrected chi connectivity index (χ0v) is 16.8. The highest BCUT2D eigenvalue weighted by Crippen LogP contribution is 2.33. The van der Waals surface area contributed by atoms with Gasteiger partial charge in [-0.2, -0.15) is 16.4 Å². The molecule has 0 saturated carbocycles. The monoisotopic (exact) mass is 406 g/mol. The van der Waals surface area contributed by atoms with Gasteiger partial charge in [0.05, 0.1) is 5.56 Å². The summed E-state index contributed by atoms with van der Waals surface area (Å²) in [6.45, 7) is 4.09. The Morgan fingerprint density at radius 2 is 1.93 bits per heavy atom. The minimum absolute atomic E-state index is 0.169. The van der Waals surface area contributed by atoms with Gasteiger partial charge in [0.15, 0.2) is 0 Å². The van der Waals surface area contributed by atoms with E-state index in [9.17, 15) is 9.18 Å². The number of halogens is 1. The normalized spacial score (nSPS) is 11.0. The standard InChI is InChI=1S/C22H19FN4OS/c1-14(2)27-12-19(21(26-27)15-3-5-18(23)6-4-15)16-7-9-24-20(11-16)25-22(28)17-8-10-29-13-17/h3-14H,1-2H3,(H,24,25,28). The summed E-state index contributed by atoms with van der Waals surface area (Å²) in [6.07, 6.45) is 3.61. The third-order valence-corrected chi connectivity index (χ3v) is 5.16. The Labute approximate surface area is 171 Å². The number of hydrogen-bond acceptors (Lipinski definition) is 4. The smallest absolute Gasteiger partial charge is 0.257 e. The van der Waals surface area contributed by atoms with Gasteiger partial charge in [-0.25, -0.2) is 9.37 Å². The summed E-state index contributed by atoms with van der Waals surface area (Å²) < 4.78 is 15.2. The number of nitrogens with one attached hydrogen (secondary N) is 1. The van der Waals surface area contributed by atoms with Gasteiger partial charge in [0.25, 0.3) is 5.91 Å². The number of anilines is 1. The van der Waals surface area contributed by atoms with Gasteiger partial charge >= 0.3 is 0 Å². The number of amides is 1. The van der Waals surface area contributed by atoms with Crippen molar-refractivity contribution in [3.63, 3.8) is 0 Å². The van der Waals surface area contributed by atoms with Crippen LogP contribution in [0.15, 0.2) is 65.6 Å². The van der Waals surface area contributed by atoms with Gasteiger partial charge in [0.1, 0.15) is 17.3 Å². The molecule has 146 valence electrons. The number of rotatable bonds is 5. The van der Waals surface area contributed by atoms with Crippen molar-refractivity contribution in [1.29, 1.82) is 0 Å². The number of benzene rings is 1. The van der Waals surface area contributed by atoms with Gasteiger partial charge < -0.3 is 5.32 Å². The van der Waals surface area contributed by atoms with Crippen molar-refractivity contribution in [2.24, 2.45) is 0 Å². The average molecular weight is 406 g/mol. The van der Waals surface area contributed by atoms with Crippen molar-refractivity contribution in [3.05, 3.63) is 77.0 Å². The van der Waals surface area contributed by atoms with Gasteiger partial charge in [-0.3, -0.25) is 9.48 Å². The maximum absolute atomic E-state index is 13.4. The third-order valence-electron chi connectivity index (χ3n) is 4.47. The fourth-order valence-corrected chi connectivity index (χ4v) is 3.57. The van der Waals surface area contributed by atoms with Crippen LogP contribution in [0.4, 0.5) is 10.2 Å². The molecule has 1 aromatic carbocycles. The molecule has 1 N–H and O–H groups in total. The predicted molar refractivity (Wildman–Crippen MR) is 114 cm³/mol. The highest BCUT2D eigenvalue weighted by Gasteiger charge is 2.16. The van der Waals surface area contributed by atoms with E-state index in [0.29, 0.717) is 11.4 Å².